The highest BCUT2D eigenvalue weighted by atomic mass is 16.5. The van der Waals surface area contributed by atoms with Gasteiger partial charge in [-0.3, -0.25) is 0 Å². The van der Waals surface area contributed by atoms with E-state index in [1.54, 1.807) is 6.92 Å². The summed E-state index contributed by atoms with van der Waals surface area (Å²) in [6.07, 6.45) is -2.81. The van der Waals surface area contributed by atoms with E-state index >= 15 is 0 Å². The van der Waals surface area contributed by atoms with Crippen molar-refractivity contribution < 1.29 is 20.1 Å². The van der Waals surface area contributed by atoms with Crippen molar-refractivity contribution in [3.05, 3.63) is 0 Å². The van der Waals surface area contributed by atoms with Crippen LogP contribution < -0.4 is 0 Å². The smallest absolute Gasteiger partial charge is 0.111 e. The molecule has 4 nitrogen and oxygen atoms in total. The summed E-state index contributed by atoms with van der Waals surface area (Å²) in [6.45, 7) is 1.41. The van der Waals surface area contributed by atoms with E-state index in [-0.39, 0.29) is 12.7 Å². The summed E-state index contributed by atoms with van der Waals surface area (Å²) in [5, 5.41) is 26.8. The minimum Gasteiger partial charge on any atom is -0.394 e. The predicted molar refractivity (Wildman–Crippen MR) is 33.4 cm³/mol. The standard InChI is InChI=1S/C6H12O4/c1-3-5(8)6(9)4(2-7)10-3/h3-9H,2H2,1H3/t3-,4-,5-,6+/m1/s1. The Bertz CT molecular complexity index is 116. The number of hydrogen-bond acceptors (Lipinski definition) is 4. The Morgan fingerprint density at radius 3 is 2.10 bits per heavy atom. The largest absolute Gasteiger partial charge is 0.394 e. The van der Waals surface area contributed by atoms with Gasteiger partial charge in [-0.15, -0.1) is 0 Å². The summed E-state index contributed by atoms with van der Waals surface area (Å²) in [5.41, 5.74) is 0. The summed E-state index contributed by atoms with van der Waals surface area (Å²) < 4.78 is 4.98. The lowest BCUT2D eigenvalue weighted by atomic mass is 10.1. The molecule has 0 unspecified atom stereocenters. The summed E-state index contributed by atoms with van der Waals surface area (Å²) in [5.74, 6) is 0. The van der Waals surface area contributed by atoms with Crippen molar-refractivity contribution in [2.24, 2.45) is 0 Å². The Kier molecular flexibility index (Phi) is 2.25. The average molecular weight is 148 g/mol. The van der Waals surface area contributed by atoms with Crippen LogP contribution in [0.1, 0.15) is 6.92 Å². The third kappa shape index (κ3) is 1.15. The van der Waals surface area contributed by atoms with Crippen LogP contribution in [0.3, 0.4) is 0 Å². The van der Waals surface area contributed by atoms with Crippen molar-refractivity contribution >= 4 is 0 Å². The number of aliphatic hydroxyl groups is 3. The van der Waals surface area contributed by atoms with Crippen LogP contribution in [-0.2, 0) is 4.74 Å². The van der Waals surface area contributed by atoms with Gasteiger partial charge in [0.25, 0.3) is 0 Å². The average Bonchev–Trinajstić information content (AvgIpc) is 2.17. The maximum absolute atomic E-state index is 9.09. The number of hydrogen-bond donors (Lipinski definition) is 3. The van der Waals surface area contributed by atoms with Crippen LogP contribution in [0.5, 0.6) is 0 Å². The summed E-state index contributed by atoms with van der Waals surface area (Å²) in [6, 6.07) is 0. The maximum Gasteiger partial charge on any atom is 0.111 e. The SMILES string of the molecule is C[C@H]1O[C@H](CO)[C@H](O)[C@@H]1O. The molecule has 10 heavy (non-hydrogen) atoms. The molecule has 0 amide bonds. The highest BCUT2D eigenvalue weighted by Gasteiger charge is 2.39. The zero-order chi connectivity index (χ0) is 7.72. The van der Waals surface area contributed by atoms with Gasteiger partial charge in [0.1, 0.15) is 18.3 Å². The molecule has 60 valence electrons. The van der Waals surface area contributed by atoms with E-state index in [0.717, 1.165) is 0 Å². The highest BCUT2D eigenvalue weighted by molar-refractivity contribution is 4.87. The lowest BCUT2D eigenvalue weighted by Gasteiger charge is -2.10. The summed E-state index contributed by atoms with van der Waals surface area (Å²) in [4.78, 5) is 0. The van der Waals surface area contributed by atoms with Gasteiger partial charge in [0, 0.05) is 0 Å². The van der Waals surface area contributed by atoms with Gasteiger partial charge in [0.05, 0.1) is 12.7 Å². The highest BCUT2D eigenvalue weighted by Crippen LogP contribution is 2.19. The molecule has 3 N–H and O–H groups in total. The summed E-state index contributed by atoms with van der Waals surface area (Å²) >= 11 is 0. The van der Waals surface area contributed by atoms with E-state index in [2.05, 4.69) is 0 Å². The molecule has 0 aromatic heterocycles. The van der Waals surface area contributed by atoms with E-state index in [0.29, 0.717) is 0 Å². The van der Waals surface area contributed by atoms with Crippen LogP contribution >= 0.6 is 0 Å². The van der Waals surface area contributed by atoms with E-state index in [1.807, 2.05) is 0 Å². The molecule has 0 aromatic rings. The molecule has 0 saturated carbocycles. The second kappa shape index (κ2) is 2.84. The molecule has 0 spiro atoms. The first-order valence-corrected chi connectivity index (χ1v) is 3.29. The Labute approximate surface area is 59.1 Å². The van der Waals surface area contributed by atoms with Gasteiger partial charge in [0.2, 0.25) is 0 Å². The second-order valence-corrected chi connectivity index (χ2v) is 2.54. The van der Waals surface area contributed by atoms with Gasteiger partial charge in [0.15, 0.2) is 0 Å². The fourth-order valence-electron chi connectivity index (χ4n) is 1.09. The third-order valence-electron chi connectivity index (χ3n) is 1.78. The molecular weight excluding hydrogens is 136 g/mol. The molecule has 1 fully saturated rings. The summed E-state index contributed by atoms with van der Waals surface area (Å²) in [7, 11) is 0. The first-order chi connectivity index (χ1) is 4.66. The fraction of sp³-hybridized carbons (Fsp3) is 1.00. The molecular formula is C6H12O4. The maximum atomic E-state index is 9.09. The molecule has 0 radical (unpaired) electrons. The van der Waals surface area contributed by atoms with Crippen molar-refractivity contribution in [1.82, 2.24) is 0 Å². The lowest BCUT2D eigenvalue weighted by molar-refractivity contribution is -0.0171. The van der Waals surface area contributed by atoms with Crippen molar-refractivity contribution in [2.75, 3.05) is 6.61 Å². The molecule has 4 heteroatoms. The Morgan fingerprint density at radius 2 is 1.90 bits per heavy atom. The normalized spacial score (nSPS) is 48.0. The molecule has 1 rings (SSSR count). The van der Waals surface area contributed by atoms with Gasteiger partial charge in [-0.2, -0.15) is 0 Å². The molecule has 0 aromatic carbocycles. The quantitative estimate of drug-likeness (QED) is 0.422. The van der Waals surface area contributed by atoms with Crippen molar-refractivity contribution in [2.45, 2.75) is 31.3 Å². The topological polar surface area (TPSA) is 69.9 Å². The van der Waals surface area contributed by atoms with Crippen LogP contribution in [0.25, 0.3) is 0 Å². The molecule has 4 atom stereocenters. The molecule has 1 aliphatic heterocycles. The Hall–Kier alpha value is -0.160. The van der Waals surface area contributed by atoms with E-state index in [1.165, 1.54) is 0 Å². The van der Waals surface area contributed by atoms with Crippen LogP contribution in [0, 0.1) is 0 Å². The second-order valence-electron chi connectivity index (χ2n) is 2.54. The van der Waals surface area contributed by atoms with Crippen LogP contribution in [0.15, 0.2) is 0 Å². The van der Waals surface area contributed by atoms with Crippen molar-refractivity contribution in [1.29, 1.82) is 0 Å². The molecule has 1 heterocycles. The fourth-order valence-corrected chi connectivity index (χ4v) is 1.09. The van der Waals surface area contributed by atoms with Gasteiger partial charge in [-0.1, -0.05) is 0 Å². The minimum absolute atomic E-state index is 0.247. The first kappa shape index (κ1) is 7.94. The first-order valence-electron chi connectivity index (χ1n) is 3.29. The van der Waals surface area contributed by atoms with E-state index in [4.69, 9.17) is 20.1 Å². The van der Waals surface area contributed by atoms with Crippen molar-refractivity contribution in [3.63, 3.8) is 0 Å². The van der Waals surface area contributed by atoms with Crippen LogP contribution in [0.4, 0.5) is 0 Å². The van der Waals surface area contributed by atoms with Crippen LogP contribution in [-0.4, -0.2) is 46.3 Å². The number of aliphatic hydroxyl groups excluding tert-OH is 3. The van der Waals surface area contributed by atoms with E-state index < -0.39 is 18.3 Å². The van der Waals surface area contributed by atoms with E-state index in [9.17, 15) is 0 Å². The Morgan fingerprint density at radius 1 is 1.30 bits per heavy atom. The van der Waals surface area contributed by atoms with Crippen LogP contribution in [0.2, 0.25) is 0 Å². The predicted octanol–water partition coefficient (Wildman–Crippen LogP) is -1.51. The number of ether oxygens (including phenoxy) is 1. The Balaban J connectivity index is 2.53. The van der Waals surface area contributed by atoms with Gasteiger partial charge in [-0.05, 0) is 6.92 Å². The molecule has 0 aliphatic carbocycles. The third-order valence-corrected chi connectivity index (χ3v) is 1.78. The zero-order valence-corrected chi connectivity index (χ0v) is 5.77. The minimum atomic E-state index is -0.944. The lowest BCUT2D eigenvalue weighted by Crippen LogP contribution is -2.33. The molecule has 0 bridgehead atoms. The van der Waals surface area contributed by atoms with Gasteiger partial charge < -0.3 is 20.1 Å². The van der Waals surface area contributed by atoms with Crippen molar-refractivity contribution in [3.8, 4) is 0 Å². The van der Waals surface area contributed by atoms with Gasteiger partial charge >= 0.3 is 0 Å². The zero-order valence-electron chi connectivity index (χ0n) is 5.77. The number of rotatable bonds is 1. The molecule has 1 saturated heterocycles. The van der Waals surface area contributed by atoms with Gasteiger partial charge in [-0.25, -0.2) is 0 Å². The molecule has 1 aliphatic rings. The monoisotopic (exact) mass is 148 g/mol.